The molecule has 0 amide bonds. The van der Waals surface area contributed by atoms with Crippen molar-refractivity contribution in [3.63, 3.8) is 0 Å². The van der Waals surface area contributed by atoms with Crippen molar-refractivity contribution < 1.29 is 28.9 Å². The Labute approximate surface area is 131 Å². The van der Waals surface area contributed by atoms with E-state index >= 15 is 0 Å². The molecule has 124 valence electrons. The summed E-state index contributed by atoms with van der Waals surface area (Å²) in [6.45, 7) is 3.00. The third-order valence-electron chi connectivity index (χ3n) is 3.54. The maximum Gasteiger partial charge on any atom is 0.519 e. The summed E-state index contributed by atoms with van der Waals surface area (Å²) >= 11 is 0. The van der Waals surface area contributed by atoms with E-state index in [1.165, 1.54) is 32.0 Å². The number of aryl methyl sites for hydroxylation is 1. The number of aromatic hydroxyl groups is 2. The number of carboxylic acids is 1. The number of aliphatic carboxylic acids is 1. The first-order valence-electron chi connectivity index (χ1n) is 6.80. The fourth-order valence-corrected chi connectivity index (χ4v) is 2.11. The molecule has 4 N–H and O–H groups in total. The van der Waals surface area contributed by atoms with Gasteiger partial charge in [-0.05, 0) is 31.5 Å². The highest BCUT2D eigenvalue weighted by Gasteiger charge is 2.33. The lowest BCUT2D eigenvalue weighted by molar-refractivity contribution is -0.144. The summed E-state index contributed by atoms with van der Waals surface area (Å²) in [5.41, 5.74) is -0.867. The zero-order valence-electron chi connectivity index (χ0n) is 12.6. The molecule has 0 unspecified atom stereocenters. The molecule has 2 aromatic rings. The summed E-state index contributed by atoms with van der Waals surface area (Å²) in [4.78, 5) is 22.6. The Morgan fingerprint density at radius 2 is 1.96 bits per heavy atom. The maximum atomic E-state index is 11.6. The van der Waals surface area contributed by atoms with Gasteiger partial charge in [0.1, 0.15) is 11.3 Å². The van der Waals surface area contributed by atoms with Crippen molar-refractivity contribution >= 4 is 5.97 Å². The Hall–Kier alpha value is -2.74. The van der Waals surface area contributed by atoms with Crippen LogP contribution in [-0.2, 0) is 17.8 Å². The van der Waals surface area contributed by atoms with Gasteiger partial charge >= 0.3 is 11.8 Å². The fraction of sp³-hybridized carbons (Fsp3) is 0.333. The molecule has 1 aromatic heterocycles. The van der Waals surface area contributed by atoms with Gasteiger partial charge in [0, 0.05) is 6.42 Å². The van der Waals surface area contributed by atoms with Crippen molar-refractivity contribution in [1.82, 2.24) is 5.32 Å². The van der Waals surface area contributed by atoms with Gasteiger partial charge in [0.05, 0.1) is 6.54 Å². The smallest absolute Gasteiger partial charge is 0.504 e. The minimum Gasteiger partial charge on any atom is -0.504 e. The highest BCUT2D eigenvalue weighted by atomic mass is 16.6. The van der Waals surface area contributed by atoms with Crippen LogP contribution in [0.5, 0.6) is 11.5 Å². The van der Waals surface area contributed by atoms with Gasteiger partial charge in [0.15, 0.2) is 17.3 Å². The average Bonchev–Trinajstić information content (AvgIpc) is 2.79. The number of phenols is 2. The second kappa shape index (κ2) is 6.17. The van der Waals surface area contributed by atoms with E-state index in [0.29, 0.717) is 5.56 Å². The summed E-state index contributed by atoms with van der Waals surface area (Å²) in [7, 11) is 0. The lowest BCUT2D eigenvalue weighted by atomic mass is 9.92. The standard InChI is InChI=1S/C15H17NO7/c1-8-12(23-14(21)22-8)7-16-15(2,13(19)20)6-9-3-4-10(17)11(18)5-9/h3-5,16-18H,6-7H2,1-2H3,(H,19,20)/t15-/m0/s1. The number of phenolic OH excluding ortho intramolecular Hbond substituents is 2. The maximum absolute atomic E-state index is 11.6. The van der Waals surface area contributed by atoms with Crippen molar-refractivity contribution in [2.24, 2.45) is 0 Å². The minimum absolute atomic E-state index is 0.00949. The predicted octanol–water partition coefficient (Wildman–Crippen LogP) is 1.13. The second-order valence-corrected chi connectivity index (χ2v) is 5.42. The molecule has 8 heteroatoms. The van der Waals surface area contributed by atoms with Crippen LogP contribution in [0.2, 0.25) is 0 Å². The molecule has 23 heavy (non-hydrogen) atoms. The molecule has 1 aromatic carbocycles. The number of hydrogen-bond acceptors (Lipinski definition) is 7. The SMILES string of the molecule is Cc1oc(=O)oc1CN[C@@](C)(Cc1ccc(O)c(O)c1)C(=O)O. The van der Waals surface area contributed by atoms with Gasteiger partial charge in [0.2, 0.25) is 0 Å². The van der Waals surface area contributed by atoms with E-state index in [0.717, 1.165) is 0 Å². The zero-order chi connectivity index (χ0) is 17.2. The molecule has 1 atom stereocenters. The van der Waals surface area contributed by atoms with Crippen LogP contribution in [0.25, 0.3) is 0 Å². The highest BCUT2D eigenvalue weighted by Crippen LogP contribution is 2.27. The van der Waals surface area contributed by atoms with Crippen molar-refractivity contribution in [1.29, 1.82) is 0 Å². The Morgan fingerprint density at radius 1 is 1.26 bits per heavy atom. The monoisotopic (exact) mass is 323 g/mol. The van der Waals surface area contributed by atoms with Crippen LogP contribution >= 0.6 is 0 Å². The lowest BCUT2D eigenvalue weighted by Gasteiger charge is -2.26. The summed E-state index contributed by atoms with van der Waals surface area (Å²) < 4.78 is 9.54. The molecule has 8 nitrogen and oxygen atoms in total. The van der Waals surface area contributed by atoms with Crippen LogP contribution in [0.3, 0.4) is 0 Å². The van der Waals surface area contributed by atoms with Crippen LogP contribution in [0.15, 0.2) is 31.8 Å². The van der Waals surface area contributed by atoms with E-state index in [-0.39, 0.29) is 36.0 Å². The molecule has 2 rings (SSSR count). The predicted molar refractivity (Wildman–Crippen MR) is 78.3 cm³/mol. The molecular weight excluding hydrogens is 306 g/mol. The molecule has 0 radical (unpaired) electrons. The molecule has 0 aliphatic carbocycles. The van der Waals surface area contributed by atoms with Crippen molar-refractivity contribution in [2.45, 2.75) is 32.4 Å². The molecule has 0 fully saturated rings. The third kappa shape index (κ3) is 3.72. The molecule has 0 aliphatic heterocycles. The van der Waals surface area contributed by atoms with E-state index in [9.17, 15) is 24.9 Å². The zero-order valence-corrected chi connectivity index (χ0v) is 12.6. The molecule has 1 heterocycles. The van der Waals surface area contributed by atoms with Crippen LogP contribution in [0.4, 0.5) is 0 Å². The number of nitrogens with one attached hydrogen (secondary N) is 1. The van der Waals surface area contributed by atoms with Crippen molar-refractivity contribution in [3.8, 4) is 11.5 Å². The van der Waals surface area contributed by atoms with E-state index in [2.05, 4.69) is 5.32 Å². The number of carboxylic acid groups (broad SMARTS) is 1. The molecule has 0 spiro atoms. The fourth-order valence-electron chi connectivity index (χ4n) is 2.11. The van der Waals surface area contributed by atoms with Gasteiger partial charge in [-0.3, -0.25) is 10.1 Å². The number of carbonyl (C=O) groups is 1. The number of hydrogen-bond donors (Lipinski definition) is 4. The van der Waals surface area contributed by atoms with E-state index < -0.39 is 17.3 Å². The summed E-state index contributed by atoms with van der Waals surface area (Å²) in [6.07, 6.45) is 0.0390. The molecule has 0 aliphatic rings. The average molecular weight is 323 g/mol. The summed E-state index contributed by atoms with van der Waals surface area (Å²) in [5, 5.41) is 31.1. The summed E-state index contributed by atoms with van der Waals surface area (Å²) in [6, 6.07) is 4.09. The number of rotatable bonds is 6. The Balaban J connectivity index is 2.18. The van der Waals surface area contributed by atoms with E-state index in [1.807, 2.05) is 0 Å². The van der Waals surface area contributed by atoms with Gasteiger partial charge in [0.25, 0.3) is 0 Å². The first-order valence-corrected chi connectivity index (χ1v) is 6.80. The van der Waals surface area contributed by atoms with E-state index in [1.54, 1.807) is 0 Å². The van der Waals surface area contributed by atoms with Gasteiger partial charge in [-0.1, -0.05) is 6.07 Å². The normalized spacial score (nSPS) is 13.7. The van der Waals surface area contributed by atoms with E-state index in [4.69, 9.17) is 8.83 Å². The largest absolute Gasteiger partial charge is 0.519 e. The lowest BCUT2D eigenvalue weighted by Crippen LogP contribution is -2.50. The molecule has 0 saturated carbocycles. The minimum atomic E-state index is -1.38. The number of benzene rings is 1. The summed E-state index contributed by atoms with van der Waals surface area (Å²) in [5.74, 6) is -2.08. The first kappa shape index (κ1) is 16.6. The molecule has 0 saturated heterocycles. The Bertz CT molecular complexity index is 776. The van der Waals surface area contributed by atoms with Gasteiger partial charge in [-0.2, -0.15) is 0 Å². The Kier molecular flexibility index (Phi) is 4.46. The van der Waals surface area contributed by atoms with Crippen molar-refractivity contribution in [2.75, 3.05) is 0 Å². The highest BCUT2D eigenvalue weighted by molar-refractivity contribution is 5.78. The third-order valence-corrected chi connectivity index (χ3v) is 3.54. The second-order valence-electron chi connectivity index (χ2n) is 5.42. The van der Waals surface area contributed by atoms with Crippen LogP contribution < -0.4 is 11.1 Å². The quantitative estimate of drug-likeness (QED) is 0.581. The molecule has 0 bridgehead atoms. The Morgan fingerprint density at radius 3 is 2.48 bits per heavy atom. The van der Waals surface area contributed by atoms with Gasteiger partial charge in [-0.25, -0.2) is 4.79 Å². The van der Waals surface area contributed by atoms with Crippen molar-refractivity contribution in [3.05, 3.63) is 45.9 Å². The topological polar surface area (TPSA) is 133 Å². The van der Waals surface area contributed by atoms with Crippen LogP contribution in [-0.4, -0.2) is 26.8 Å². The van der Waals surface area contributed by atoms with Gasteiger partial charge < -0.3 is 24.2 Å². The van der Waals surface area contributed by atoms with Crippen LogP contribution in [0, 0.1) is 6.92 Å². The first-order chi connectivity index (χ1) is 10.7. The van der Waals surface area contributed by atoms with Crippen LogP contribution in [0.1, 0.15) is 24.0 Å². The molecular formula is C15H17NO7. The van der Waals surface area contributed by atoms with Gasteiger partial charge in [-0.15, -0.1) is 0 Å².